The number of unbranched alkanes of at least 4 members (excludes halogenated alkanes) is 1. The summed E-state index contributed by atoms with van der Waals surface area (Å²) in [5, 5.41) is 0. The van der Waals surface area contributed by atoms with Gasteiger partial charge in [0.15, 0.2) is 5.79 Å². The van der Waals surface area contributed by atoms with Crippen molar-refractivity contribution in [1.82, 2.24) is 0 Å². The van der Waals surface area contributed by atoms with Crippen LogP contribution >= 0.6 is 0 Å². The molecule has 0 radical (unpaired) electrons. The van der Waals surface area contributed by atoms with Gasteiger partial charge in [-0.05, 0) is 57.6 Å². The van der Waals surface area contributed by atoms with E-state index in [1.807, 2.05) is 13.8 Å². The second-order valence-electron chi connectivity index (χ2n) is 8.53. The van der Waals surface area contributed by atoms with Gasteiger partial charge >= 0.3 is 0 Å². The first-order valence-electron chi connectivity index (χ1n) is 11.0. The third-order valence-electron chi connectivity index (χ3n) is 5.64. The molecule has 1 aliphatic rings. The Morgan fingerprint density at radius 1 is 1.03 bits per heavy atom. The Hall–Kier alpha value is -0.950. The van der Waals surface area contributed by atoms with Gasteiger partial charge in [-0.2, -0.15) is 8.42 Å². The molecule has 0 spiro atoms. The Morgan fingerprint density at radius 3 is 2.31 bits per heavy atom. The molecule has 1 fully saturated rings. The fourth-order valence-corrected chi connectivity index (χ4v) is 4.94. The molecule has 2 rings (SSSR count). The van der Waals surface area contributed by atoms with Gasteiger partial charge in [-0.1, -0.05) is 50.8 Å². The van der Waals surface area contributed by atoms with Crippen LogP contribution in [-0.2, 0) is 23.8 Å². The van der Waals surface area contributed by atoms with Gasteiger partial charge in [0, 0.05) is 6.42 Å². The highest BCUT2D eigenvalue weighted by Crippen LogP contribution is 2.27. The Morgan fingerprint density at radius 2 is 1.69 bits per heavy atom. The fraction of sp³-hybridized carbons (Fsp3) is 0.739. The van der Waals surface area contributed by atoms with E-state index in [4.69, 9.17) is 13.7 Å². The first kappa shape index (κ1) is 24.3. The van der Waals surface area contributed by atoms with Crippen molar-refractivity contribution in [1.29, 1.82) is 0 Å². The van der Waals surface area contributed by atoms with Gasteiger partial charge < -0.3 is 9.47 Å². The van der Waals surface area contributed by atoms with Crippen molar-refractivity contribution in [2.75, 3.05) is 13.2 Å². The van der Waals surface area contributed by atoms with Gasteiger partial charge in [-0.15, -0.1) is 0 Å². The van der Waals surface area contributed by atoms with Gasteiger partial charge in [0.25, 0.3) is 10.1 Å². The summed E-state index contributed by atoms with van der Waals surface area (Å²) in [4.78, 5) is 0.231. The van der Waals surface area contributed by atoms with E-state index < -0.39 is 15.9 Å². The number of hydrogen-bond acceptors (Lipinski definition) is 5. The Labute approximate surface area is 177 Å². The lowest BCUT2D eigenvalue weighted by Gasteiger charge is -2.23. The van der Waals surface area contributed by atoms with Crippen molar-refractivity contribution in [3.8, 4) is 0 Å². The van der Waals surface area contributed by atoms with E-state index in [2.05, 4.69) is 13.8 Å². The van der Waals surface area contributed by atoms with Gasteiger partial charge in [0.1, 0.15) is 0 Å². The van der Waals surface area contributed by atoms with Gasteiger partial charge in [-0.25, -0.2) is 0 Å². The van der Waals surface area contributed by atoms with Crippen LogP contribution in [0, 0.1) is 12.8 Å². The number of ether oxygens (including phenoxy) is 2. The molecule has 0 saturated carbocycles. The van der Waals surface area contributed by atoms with E-state index in [0.717, 1.165) is 56.9 Å². The lowest BCUT2D eigenvalue weighted by atomic mass is 9.96. The Kier molecular flexibility index (Phi) is 9.60. The molecule has 0 bridgehead atoms. The van der Waals surface area contributed by atoms with Crippen molar-refractivity contribution in [2.45, 2.75) is 95.8 Å². The van der Waals surface area contributed by atoms with Crippen LogP contribution in [0.5, 0.6) is 0 Å². The molecule has 0 aromatic heterocycles. The van der Waals surface area contributed by atoms with Gasteiger partial charge in [0.05, 0.1) is 24.2 Å². The normalized spacial score (nSPS) is 18.6. The average Bonchev–Trinajstić information content (AvgIpc) is 3.10. The highest BCUT2D eigenvalue weighted by atomic mass is 32.2. The standard InChI is InChI=1S/C23H38O5S/c1-5-8-19(2)10-13-21(9-6-7-16-23(4)26-17-18-27-23)28-29(24,25)22-14-11-20(3)12-15-22/h11-12,14-15,19,21H,5-10,13,16-18H2,1-4H3. The van der Waals surface area contributed by atoms with Crippen molar-refractivity contribution >= 4 is 10.1 Å². The van der Waals surface area contributed by atoms with E-state index in [1.165, 1.54) is 0 Å². The van der Waals surface area contributed by atoms with Crippen molar-refractivity contribution < 1.29 is 22.1 Å². The third kappa shape index (κ3) is 8.36. The van der Waals surface area contributed by atoms with Crippen LogP contribution in [0.25, 0.3) is 0 Å². The van der Waals surface area contributed by atoms with E-state index in [-0.39, 0.29) is 11.0 Å². The van der Waals surface area contributed by atoms with Crippen molar-refractivity contribution in [3.63, 3.8) is 0 Å². The maximum Gasteiger partial charge on any atom is 0.297 e. The number of aryl methyl sites for hydroxylation is 1. The maximum absolute atomic E-state index is 12.8. The summed E-state index contributed by atoms with van der Waals surface area (Å²) >= 11 is 0. The summed E-state index contributed by atoms with van der Waals surface area (Å²) < 4.78 is 42.5. The summed E-state index contributed by atoms with van der Waals surface area (Å²) in [6.07, 6.45) is 7.10. The summed E-state index contributed by atoms with van der Waals surface area (Å²) in [6, 6.07) is 6.85. The van der Waals surface area contributed by atoms with Crippen LogP contribution in [0.1, 0.15) is 77.7 Å². The zero-order valence-electron chi connectivity index (χ0n) is 18.5. The molecule has 6 heteroatoms. The molecule has 2 atom stereocenters. The van der Waals surface area contributed by atoms with E-state index in [0.29, 0.717) is 19.1 Å². The van der Waals surface area contributed by atoms with Crippen molar-refractivity contribution in [2.24, 2.45) is 5.92 Å². The highest BCUT2D eigenvalue weighted by Gasteiger charge is 2.30. The summed E-state index contributed by atoms with van der Waals surface area (Å²) in [5.74, 6) is 0.0901. The molecule has 1 aliphatic heterocycles. The minimum absolute atomic E-state index is 0.231. The lowest BCUT2D eigenvalue weighted by molar-refractivity contribution is -0.147. The molecule has 5 nitrogen and oxygen atoms in total. The largest absolute Gasteiger partial charge is 0.348 e. The SMILES string of the molecule is CCCC(C)CCC(CCCCC1(C)OCCO1)OS(=O)(=O)c1ccc(C)cc1. The minimum Gasteiger partial charge on any atom is -0.348 e. The predicted molar refractivity (Wildman–Crippen MR) is 115 cm³/mol. The molecule has 2 unspecified atom stereocenters. The molecule has 0 N–H and O–H groups in total. The molecule has 29 heavy (non-hydrogen) atoms. The summed E-state index contributed by atoms with van der Waals surface area (Å²) in [5.41, 5.74) is 1.03. The molecular formula is C23H38O5S. The zero-order chi connectivity index (χ0) is 21.3. The molecule has 1 saturated heterocycles. The fourth-order valence-electron chi connectivity index (χ4n) is 3.81. The molecule has 166 valence electrons. The topological polar surface area (TPSA) is 61.8 Å². The first-order valence-corrected chi connectivity index (χ1v) is 12.4. The minimum atomic E-state index is -3.75. The number of rotatable bonds is 13. The van der Waals surface area contributed by atoms with Crippen LogP contribution in [-0.4, -0.2) is 33.5 Å². The second-order valence-corrected chi connectivity index (χ2v) is 10.1. The first-order chi connectivity index (χ1) is 13.7. The van der Waals surface area contributed by atoms with Crippen LogP contribution in [0.4, 0.5) is 0 Å². The Balaban J connectivity index is 1.93. The van der Waals surface area contributed by atoms with Crippen LogP contribution in [0.3, 0.4) is 0 Å². The van der Waals surface area contributed by atoms with E-state index in [9.17, 15) is 8.42 Å². The smallest absolute Gasteiger partial charge is 0.297 e. The quantitative estimate of drug-likeness (QED) is 0.303. The molecule has 0 aliphatic carbocycles. The van der Waals surface area contributed by atoms with Crippen LogP contribution in [0.2, 0.25) is 0 Å². The second kappa shape index (κ2) is 11.4. The zero-order valence-corrected chi connectivity index (χ0v) is 19.3. The van der Waals surface area contributed by atoms with E-state index >= 15 is 0 Å². The third-order valence-corrected chi connectivity index (χ3v) is 7.02. The molecule has 1 heterocycles. The van der Waals surface area contributed by atoms with Gasteiger partial charge in [0.2, 0.25) is 0 Å². The summed E-state index contributed by atoms with van der Waals surface area (Å²) in [6.45, 7) is 9.61. The monoisotopic (exact) mass is 426 g/mol. The maximum atomic E-state index is 12.8. The number of hydrogen-bond donors (Lipinski definition) is 0. The van der Waals surface area contributed by atoms with Crippen molar-refractivity contribution in [3.05, 3.63) is 29.8 Å². The summed E-state index contributed by atoms with van der Waals surface area (Å²) in [7, 11) is -3.75. The van der Waals surface area contributed by atoms with E-state index in [1.54, 1.807) is 24.3 Å². The van der Waals surface area contributed by atoms with Crippen LogP contribution < -0.4 is 0 Å². The molecule has 1 aromatic carbocycles. The Bertz CT molecular complexity index is 692. The molecular weight excluding hydrogens is 388 g/mol. The molecule has 1 aromatic rings. The highest BCUT2D eigenvalue weighted by molar-refractivity contribution is 7.86. The average molecular weight is 427 g/mol. The molecule has 0 amide bonds. The van der Waals surface area contributed by atoms with Crippen LogP contribution in [0.15, 0.2) is 29.2 Å². The predicted octanol–water partition coefficient (Wildman–Crippen LogP) is 5.61. The lowest BCUT2D eigenvalue weighted by Crippen LogP contribution is -2.25. The number of benzene rings is 1. The van der Waals surface area contributed by atoms with Gasteiger partial charge in [-0.3, -0.25) is 4.18 Å².